The van der Waals surface area contributed by atoms with Crippen LogP contribution < -0.4 is 14.8 Å². The van der Waals surface area contributed by atoms with E-state index in [1.807, 2.05) is 18.2 Å². The van der Waals surface area contributed by atoms with Crippen molar-refractivity contribution in [2.24, 2.45) is 0 Å². The van der Waals surface area contributed by atoms with Gasteiger partial charge >= 0.3 is 6.03 Å². The van der Waals surface area contributed by atoms with E-state index in [0.29, 0.717) is 31.4 Å². The smallest absolute Gasteiger partial charge is 0.317 e. The molecule has 7 heteroatoms. The van der Waals surface area contributed by atoms with Gasteiger partial charge in [0.1, 0.15) is 6.10 Å². The first-order chi connectivity index (χ1) is 12.2. The van der Waals surface area contributed by atoms with E-state index >= 15 is 0 Å². The van der Waals surface area contributed by atoms with Gasteiger partial charge in [0.25, 0.3) is 0 Å². The van der Waals surface area contributed by atoms with Gasteiger partial charge in [0.15, 0.2) is 0 Å². The minimum atomic E-state index is -0.0821. The molecule has 2 amide bonds. The third-order valence-corrected chi connectivity index (χ3v) is 4.05. The van der Waals surface area contributed by atoms with E-state index in [4.69, 9.17) is 9.47 Å². The fraction of sp³-hybridized carbons (Fsp3) is 0.389. The summed E-state index contributed by atoms with van der Waals surface area (Å²) in [5.41, 5.74) is 1.21. The molecule has 1 saturated heterocycles. The van der Waals surface area contributed by atoms with Crippen molar-refractivity contribution in [1.29, 1.82) is 0 Å². The molecule has 0 saturated carbocycles. The van der Waals surface area contributed by atoms with Crippen molar-refractivity contribution >= 4 is 6.03 Å². The average Bonchev–Trinajstić information content (AvgIpc) is 3.11. The van der Waals surface area contributed by atoms with E-state index in [2.05, 4.69) is 27.4 Å². The van der Waals surface area contributed by atoms with Crippen LogP contribution in [0.25, 0.3) is 0 Å². The van der Waals surface area contributed by atoms with Crippen molar-refractivity contribution in [3.05, 3.63) is 48.3 Å². The molecule has 2 aromatic rings. The maximum Gasteiger partial charge on any atom is 0.317 e. The van der Waals surface area contributed by atoms with Crippen LogP contribution in [-0.2, 0) is 6.42 Å². The predicted molar refractivity (Wildman–Crippen MR) is 92.7 cm³/mol. The van der Waals surface area contributed by atoms with Gasteiger partial charge in [-0.2, -0.15) is 4.98 Å². The predicted octanol–water partition coefficient (Wildman–Crippen LogP) is 1.89. The lowest BCUT2D eigenvalue weighted by atomic mass is 10.1. The van der Waals surface area contributed by atoms with Crippen molar-refractivity contribution in [1.82, 2.24) is 20.2 Å². The van der Waals surface area contributed by atoms with Crippen LogP contribution in [0.4, 0.5) is 4.79 Å². The summed E-state index contributed by atoms with van der Waals surface area (Å²) in [6.07, 6.45) is 4.57. The Morgan fingerprint density at radius 3 is 2.88 bits per heavy atom. The summed E-state index contributed by atoms with van der Waals surface area (Å²) in [6, 6.07) is 10.0. The van der Waals surface area contributed by atoms with Gasteiger partial charge in [0, 0.05) is 19.5 Å². The Hall–Kier alpha value is -2.83. The summed E-state index contributed by atoms with van der Waals surface area (Å²) >= 11 is 0. The maximum atomic E-state index is 12.2. The molecule has 2 heterocycles. The highest BCUT2D eigenvalue weighted by Crippen LogP contribution is 2.17. The molecule has 3 rings (SSSR count). The normalized spacial score (nSPS) is 16.5. The molecule has 1 aliphatic heterocycles. The molecular formula is C18H22N4O3. The van der Waals surface area contributed by atoms with Crippen molar-refractivity contribution < 1.29 is 14.3 Å². The summed E-state index contributed by atoms with van der Waals surface area (Å²) in [4.78, 5) is 22.2. The van der Waals surface area contributed by atoms with E-state index < -0.39 is 0 Å². The molecule has 7 nitrogen and oxygen atoms in total. The largest absolute Gasteiger partial charge is 0.480 e. The second kappa shape index (κ2) is 8.32. The van der Waals surface area contributed by atoms with Gasteiger partial charge in [-0.05, 0) is 12.0 Å². The van der Waals surface area contributed by atoms with Crippen molar-refractivity contribution in [2.45, 2.75) is 18.9 Å². The summed E-state index contributed by atoms with van der Waals surface area (Å²) < 4.78 is 10.8. The third kappa shape index (κ3) is 4.82. The number of amides is 2. The molecule has 132 valence electrons. The molecule has 1 aromatic carbocycles. The fourth-order valence-corrected chi connectivity index (χ4v) is 2.74. The monoisotopic (exact) mass is 342 g/mol. The molecule has 1 unspecified atom stereocenters. The molecule has 0 spiro atoms. The molecule has 0 aliphatic carbocycles. The number of carbonyl (C=O) groups is 1. The van der Waals surface area contributed by atoms with Crippen LogP contribution in [0.5, 0.6) is 11.8 Å². The lowest BCUT2D eigenvalue weighted by molar-refractivity contribution is 0.181. The number of methoxy groups -OCH3 is 1. The number of nitrogens with one attached hydrogen (secondary N) is 1. The third-order valence-electron chi connectivity index (χ3n) is 4.05. The highest BCUT2D eigenvalue weighted by atomic mass is 16.5. The number of hydrogen-bond donors (Lipinski definition) is 1. The molecule has 25 heavy (non-hydrogen) atoms. The summed E-state index contributed by atoms with van der Waals surface area (Å²) in [5, 5.41) is 2.96. The highest BCUT2D eigenvalue weighted by molar-refractivity contribution is 5.74. The summed E-state index contributed by atoms with van der Waals surface area (Å²) in [6.45, 7) is 1.82. The molecule has 1 atom stereocenters. The fourth-order valence-electron chi connectivity index (χ4n) is 2.74. The Labute approximate surface area is 147 Å². The van der Waals surface area contributed by atoms with Crippen LogP contribution in [0.1, 0.15) is 12.0 Å². The first-order valence-electron chi connectivity index (χ1n) is 8.34. The number of aromatic nitrogens is 2. The van der Waals surface area contributed by atoms with E-state index in [1.54, 1.807) is 11.1 Å². The van der Waals surface area contributed by atoms with Gasteiger partial charge < -0.3 is 19.7 Å². The molecule has 0 bridgehead atoms. The zero-order chi connectivity index (χ0) is 17.5. The van der Waals surface area contributed by atoms with Crippen LogP contribution >= 0.6 is 0 Å². The SMILES string of the molecule is COc1cncc(OC2CCN(C(=O)NCCc3ccccc3)C2)n1. The first kappa shape index (κ1) is 17.0. The van der Waals surface area contributed by atoms with Crippen LogP contribution in [0, 0.1) is 0 Å². The zero-order valence-corrected chi connectivity index (χ0v) is 14.2. The van der Waals surface area contributed by atoms with E-state index in [0.717, 1.165) is 12.8 Å². The Bertz CT molecular complexity index is 696. The first-order valence-corrected chi connectivity index (χ1v) is 8.34. The van der Waals surface area contributed by atoms with Gasteiger partial charge in [-0.3, -0.25) is 4.98 Å². The Balaban J connectivity index is 1.43. The van der Waals surface area contributed by atoms with Crippen molar-refractivity contribution in [3.63, 3.8) is 0 Å². The van der Waals surface area contributed by atoms with E-state index in [9.17, 15) is 4.79 Å². The molecular weight excluding hydrogens is 320 g/mol. The Morgan fingerprint density at radius 2 is 2.08 bits per heavy atom. The highest BCUT2D eigenvalue weighted by Gasteiger charge is 2.27. The van der Waals surface area contributed by atoms with Crippen LogP contribution in [0.15, 0.2) is 42.7 Å². The number of carbonyl (C=O) groups excluding carboxylic acids is 1. The zero-order valence-electron chi connectivity index (χ0n) is 14.2. The minimum absolute atomic E-state index is 0.0567. The number of hydrogen-bond acceptors (Lipinski definition) is 5. The molecule has 1 N–H and O–H groups in total. The van der Waals surface area contributed by atoms with Crippen LogP contribution in [0.2, 0.25) is 0 Å². The molecule has 0 radical (unpaired) electrons. The number of benzene rings is 1. The number of urea groups is 1. The van der Waals surface area contributed by atoms with Gasteiger partial charge in [0.05, 0.1) is 26.0 Å². The topological polar surface area (TPSA) is 76.6 Å². The minimum Gasteiger partial charge on any atom is -0.480 e. The van der Waals surface area contributed by atoms with E-state index in [1.165, 1.54) is 18.9 Å². The Kier molecular flexibility index (Phi) is 5.66. The van der Waals surface area contributed by atoms with Gasteiger partial charge in [-0.15, -0.1) is 0 Å². The van der Waals surface area contributed by atoms with Gasteiger partial charge in [0.2, 0.25) is 11.8 Å². The number of likely N-dealkylation sites (tertiary alicyclic amines) is 1. The molecule has 1 fully saturated rings. The van der Waals surface area contributed by atoms with Gasteiger partial charge in [-0.25, -0.2) is 4.79 Å². The van der Waals surface area contributed by atoms with Crippen LogP contribution in [-0.4, -0.2) is 53.7 Å². The van der Waals surface area contributed by atoms with E-state index in [-0.39, 0.29) is 12.1 Å². The molecule has 1 aliphatic rings. The molecule has 1 aromatic heterocycles. The number of nitrogens with zero attached hydrogens (tertiary/aromatic N) is 3. The lowest BCUT2D eigenvalue weighted by Crippen LogP contribution is -2.40. The quantitative estimate of drug-likeness (QED) is 0.867. The number of rotatable bonds is 6. The van der Waals surface area contributed by atoms with Crippen molar-refractivity contribution in [3.8, 4) is 11.8 Å². The second-order valence-electron chi connectivity index (χ2n) is 5.84. The second-order valence-corrected chi connectivity index (χ2v) is 5.84. The standard InChI is InChI=1S/C18H22N4O3/c1-24-16-11-19-12-17(21-16)25-15-8-10-22(13-15)18(23)20-9-7-14-5-3-2-4-6-14/h2-6,11-12,15H,7-10,13H2,1H3,(H,20,23). The van der Waals surface area contributed by atoms with Crippen molar-refractivity contribution in [2.75, 3.05) is 26.7 Å². The average molecular weight is 342 g/mol. The summed E-state index contributed by atoms with van der Waals surface area (Å²) in [7, 11) is 1.53. The van der Waals surface area contributed by atoms with Gasteiger partial charge in [-0.1, -0.05) is 30.3 Å². The number of ether oxygens (including phenoxy) is 2. The van der Waals surface area contributed by atoms with Crippen LogP contribution in [0.3, 0.4) is 0 Å². The lowest BCUT2D eigenvalue weighted by Gasteiger charge is -2.17. The maximum absolute atomic E-state index is 12.2. The summed E-state index contributed by atoms with van der Waals surface area (Å²) in [5.74, 6) is 0.821. The Morgan fingerprint density at radius 1 is 1.28 bits per heavy atom.